The minimum Gasteiger partial charge on any atom is -0.369 e. The first-order valence-corrected chi connectivity index (χ1v) is 6.16. The second-order valence-electron chi connectivity index (χ2n) is 4.83. The van der Waals surface area contributed by atoms with Crippen LogP contribution in [0.4, 0.5) is 5.82 Å². The Hall–Kier alpha value is -1.58. The quantitative estimate of drug-likeness (QED) is 0.819. The Morgan fingerprint density at radius 3 is 2.82 bits per heavy atom. The van der Waals surface area contributed by atoms with Gasteiger partial charge in [-0.3, -0.25) is 4.79 Å². The lowest BCUT2D eigenvalue weighted by atomic mass is 9.67. The van der Waals surface area contributed by atoms with Gasteiger partial charge in [0, 0.05) is 6.54 Å². The Morgan fingerprint density at radius 2 is 2.29 bits per heavy atom. The van der Waals surface area contributed by atoms with Gasteiger partial charge in [0.05, 0.1) is 0 Å². The minimum absolute atomic E-state index is 0.314. The molecule has 1 aromatic rings. The van der Waals surface area contributed by atoms with Gasteiger partial charge in [-0.05, 0) is 36.8 Å². The van der Waals surface area contributed by atoms with Crippen LogP contribution in [-0.4, -0.2) is 17.4 Å². The number of primary amides is 1. The Morgan fingerprint density at radius 1 is 1.53 bits per heavy atom. The third kappa shape index (κ3) is 2.57. The molecule has 92 valence electrons. The van der Waals surface area contributed by atoms with Crippen LogP contribution < -0.4 is 11.1 Å². The molecule has 0 aromatic carbocycles. The zero-order chi connectivity index (χ0) is 12.3. The zero-order valence-corrected chi connectivity index (χ0v) is 10.2. The molecule has 4 nitrogen and oxygen atoms in total. The second-order valence-corrected chi connectivity index (χ2v) is 4.83. The van der Waals surface area contributed by atoms with E-state index in [1.54, 1.807) is 12.1 Å². The topological polar surface area (TPSA) is 68.0 Å². The summed E-state index contributed by atoms with van der Waals surface area (Å²) in [5.74, 6) is 0.253. The van der Waals surface area contributed by atoms with Crippen LogP contribution in [0.2, 0.25) is 0 Å². The number of carbonyl (C=O) groups is 1. The van der Waals surface area contributed by atoms with Gasteiger partial charge in [-0.2, -0.15) is 0 Å². The molecule has 0 atom stereocenters. The van der Waals surface area contributed by atoms with E-state index in [9.17, 15) is 4.79 Å². The van der Waals surface area contributed by atoms with Crippen molar-refractivity contribution in [2.24, 2.45) is 11.1 Å². The number of pyridine rings is 1. The highest BCUT2D eigenvalue weighted by Gasteiger charge is 2.34. The number of carbonyl (C=O) groups excluding carboxylic acids is 1. The molecule has 1 amide bonds. The van der Waals surface area contributed by atoms with Gasteiger partial charge >= 0.3 is 0 Å². The van der Waals surface area contributed by atoms with Crippen molar-refractivity contribution in [2.75, 3.05) is 11.9 Å². The van der Waals surface area contributed by atoms with Crippen LogP contribution in [0.15, 0.2) is 18.2 Å². The second kappa shape index (κ2) is 4.73. The number of nitrogens with one attached hydrogen (secondary N) is 1. The van der Waals surface area contributed by atoms with E-state index in [1.165, 1.54) is 25.7 Å². The van der Waals surface area contributed by atoms with E-state index in [-0.39, 0.29) is 0 Å². The molecule has 1 fully saturated rings. The van der Waals surface area contributed by atoms with Crippen LogP contribution in [0.1, 0.15) is 43.1 Å². The maximum Gasteiger partial charge on any atom is 0.267 e. The number of nitrogens with zero attached hydrogens (tertiary/aromatic N) is 1. The number of hydrogen-bond donors (Lipinski definition) is 2. The Kier molecular flexibility index (Phi) is 3.31. The van der Waals surface area contributed by atoms with E-state index in [0.29, 0.717) is 11.1 Å². The monoisotopic (exact) mass is 233 g/mol. The van der Waals surface area contributed by atoms with Gasteiger partial charge < -0.3 is 11.1 Å². The van der Waals surface area contributed by atoms with Crippen molar-refractivity contribution < 1.29 is 4.79 Å². The van der Waals surface area contributed by atoms with Crippen LogP contribution in [0, 0.1) is 5.41 Å². The van der Waals surface area contributed by atoms with Crippen molar-refractivity contribution >= 4 is 11.7 Å². The highest BCUT2D eigenvalue weighted by Crippen LogP contribution is 2.43. The molecule has 1 aliphatic rings. The van der Waals surface area contributed by atoms with Crippen LogP contribution in [0.25, 0.3) is 0 Å². The molecule has 1 heterocycles. The fourth-order valence-corrected chi connectivity index (χ4v) is 2.28. The summed E-state index contributed by atoms with van der Waals surface area (Å²) in [7, 11) is 0. The molecule has 0 bridgehead atoms. The maximum atomic E-state index is 11.0. The van der Waals surface area contributed by atoms with E-state index >= 15 is 0 Å². The summed E-state index contributed by atoms with van der Waals surface area (Å²) in [6.45, 7) is 3.16. The third-order valence-corrected chi connectivity index (χ3v) is 3.81. The van der Waals surface area contributed by atoms with Crippen molar-refractivity contribution in [1.82, 2.24) is 4.98 Å². The van der Waals surface area contributed by atoms with Crippen molar-refractivity contribution in [3.8, 4) is 0 Å². The average molecular weight is 233 g/mol. The van der Waals surface area contributed by atoms with Crippen molar-refractivity contribution in [3.63, 3.8) is 0 Å². The first kappa shape index (κ1) is 11.9. The van der Waals surface area contributed by atoms with Gasteiger partial charge in [-0.1, -0.05) is 19.4 Å². The smallest absolute Gasteiger partial charge is 0.267 e. The molecule has 0 aliphatic heterocycles. The van der Waals surface area contributed by atoms with Gasteiger partial charge in [0.2, 0.25) is 0 Å². The molecule has 4 heteroatoms. The van der Waals surface area contributed by atoms with Crippen LogP contribution >= 0.6 is 0 Å². The molecule has 17 heavy (non-hydrogen) atoms. The molecular formula is C13H19N3O. The van der Waals surface area contributed by atoms with Crippen LogP contribution in [0.5, 0.6) is 0 Å². The lowest BCUT2D eigenvalue weighted by Crippen LogP contribution is -2.36. The predicted molar refractivity (Wildman–Crippen MR) is 67.8 cm³/mol. The van der Waals surface area contributed by atoms with Gasteiger partial charge in [0.15, 0.2) is 0 Å². The van der Waals surface area contributed by atoms with Crippen molar-refractivity contribution in [2.45, 2.75) is 32.6 Å². The van der Waals surface area contributed by atoms with Crippen molar-refractivity contribution in [1.29, 1.82) is 0 Å². The fraction of sp³-hybridized carbons (Fsp3) is 0.538. The first-order valence-electron chi connectivity index (χ1n) is 6.16. The summed E-state index contributed by atoms with van der Waals surface area (Å²) in [5.41, 5.74) is 5.95. The van der Waals surface area contributed by atoms with E-state index in [1.807, 2.05) is 6.07 Å². The maximum absolute atomic E-state index is 11.0. The van der Waals surface area contributed by atoms with Crippen molar-refractivity contribution in [3.05, 3.63) is 23.9 Å². The molecular weight excluding hydrogens is 214 g/mol. The number of amides is 1. The molecule has 0 saturated heterocycles. The Labute approximate surface area is 102 Å². The molecule has 0 spiro atoms. The standard InChI is InChI=1S/C13H19N3O/c1-2-13(7-4-8-13)9-15-11-6-3-5-10(16-11)12(14)17/h3,5-6H,2,4,7-9H2,1H3,(H2,14,17)(H,15,16). The Bertz CT molecular complexity index is 407. The summed E-state index contributed by atoms with van der Waals surface area (Å²) in [6.07, 6.45) is 5.08. The summed E-state index contributed by atoms with van der Waals surface area (Å²) in [5, 5.41) is 3.31. The predicted octanol–water partition coefficient (Wildman–Crippen LogP) is 2.17. The van der Waals surface area contributed by atoms with Gasteiger partial charge in [-0.25, -0.2) is 4.98 Å². The van der Waals surface area contributed by atoms with E-state index < -0.39 is 5.91 Å². The first-order chi connectivity index (χ1) is 8.15. The number of anilines is 1. The number of rotatable bonds is 5. The van der Waals surface area contributed by atoms with E-state index in [0.717, 1.165) is 12.4 Å². The van der Waals surface area contributed by atoms with Gasteiger partial charge in [0.25, 0.3) is 5.91 Å². The summed E-state index contributed by atoms with van der Waals surface area (Å²) >= 11 is 0. The zero-order valence-electron chi connectivity index (χ0n) is 10.2. The molecule has 1 aromatic heterocycles. The summed E-state index contributed by atoms with van der Waals surface area (Å²) in [6, 6.07) is 5.30. The SMILES string of the molecule is CCC1(CNc2cccc(C(N)=O)n2)CCC1. The summed E-state index contributed by atoms with van der Waals surface area (Å²) < 4.78 is 0. The highest BCUT2D eigenvalue weighted by molar-refractivity contribution is 5.91. The number of nitrogens with two attached hydrogens (primary N) is 1. The van der Waals surface area contributed by atoms with E-state index in [4.69, 9.17) is 5.73 Å². The van der Waals surface area contributed by atoms with Crippen LogP contribution in [0.3, 0.4) is 0 Å². The largest absolute Gasteiger partial charge is 0.369 e. The molecule has 1 aliphatic carbocycles. The number of aromatic nitrogens is 1. The molecule has 3 N–H and O–H groups in total. The molecule has 1 saturated carbocycles. The van der Waals surface area contributed by atoms with Gasteiger partial charge in [0.1, 0.15) is 11.5 Å². The van der Waals surface area contributed by atoms with Crippen LogP contribution in [-0.2, 0) is 0 Å². The fourth-order valence-electron chi connectivity index (χ4n) is 2.28. The van der Waals surface area contributed by atoms with E-state index in [2.05, 4.69) is 17.2 Å². The average Bonchev–Trinajstić information content (AvgIpc) is 2.28. The third-order valence-electron chi connectivity index (χ3n) is 3.81. The lowest BCUT2D eigenvalue weighted by molar-refractivity contribution is 0.0995. The van der Waals surface area contributed by atoms with Gasteiger partial charge in [-0.15, -0.1) is 0 Å². The number of hydrogen-bond acceptors (Lipinski definition) is 3. The summed E-state index contributed by atoms with van der Waals surface area (Å²) in [4.78, 5) is 15.2. The minimum atomic E-state index is -0.484. The normalized spacial score (nSPS) is 17.2. The molecule has 0 unspecified atom stereocenters. The molecule has 0 radical (unpaired) electrons. The molecule has 2 rings (SSSR count). The lowest BCUT2D eigenvalue weighted by Gasteiger charge is -2.41. The Balaban J connectivity index is 1.99. The highest BCUT2D eigenvalue weighted by atomic mass is 16.1.